The number of aromatic nitrogens is 4. The second-order valence-corrected chi connectivity index (χ2v) is 4.94. The molecule has 0 aliphatic heterocycles. The highest BCUT2D eigenvalue weighted by molar-refractivity contribution is 5.67. The molecule has 0 radical (unpaired) electrons. The van der Waals surface area contributed by atoms with Crippen molar-refractivity contribution in [3.63, 3.8) is 0 Å². The summed E-state index contributed by atoms with van der Waals surface area (Å²) in [6.45, 7) is 8.97. The number of hydrogen-bond donors (Lipinski definition) is 1. The van der Waals surface area contributed by atoms with Crippen LogP contribution in [-0.2, 0) is 13.5 Å². The zero-order valence-electron chi connectivity index (χ0n) is 13.6. The fourth-order valence-electron chi connectivity index (χ4n) is 2.49. The van der Waals surface area contributed by atoms with Crippen LogP contribution in [-0.4, -0.2) is 33.4 Å². The predicted octanol–water partition coefficient (Wildman–Crippen LogP) is 2.50. The number of nitrogens with zero attached hydrogens (tertiary/aromatic N) is 4. The summed E-state index contributed by atoms with van der Waals surface area (Å²) < 4.78 is 7.17. The van der Waals surface area contributed by atoms with E-state index in [0.717, 1.165) is 41.3 Å². The molecule has 2 rings (SSSR count). The first-order chi connectivity index (χ1) is 10.0. The van der Waals surface area contributed by atoms with E-state index in [4.69, 9.17) is 9.72 Å². The maximum Gasteiger partial charge on any atom is 0.222 e. The van der Waals surface area contributed by atoms with Gasteiger partial charge in [0.25, 0.3) is 0 Å². The minimum Gasteiger partial charge on any atom is -0.481 e. The summed E-state index contributed by atoms with van der Waals surface area (Å²) >= 11 is 0. The van der Waals surface area contributed by atoms with Gasteiger partial charge in [-0.1, -0.05) is 6.92 Å². The molecule has 1 N–H and O–H groups in total. The molecule has 0 aliphatic carbocycles. The van der Waals surface area contributed by atoms with Crippen molar-refractivity contribution in [2.75, 3.05) is 19.0 Å². The molecule has 6 nitrogen and oxygen atoms in total. The third-order valence-corrected chi connectivity index (χ3v) is 3.51. The van der Waals surface area contributed by atoms with Gasteiger partial charge in [0.05, 0.1) is 12.8 Å². The second-order valence-electron chi connectivity index (χ2n) is 4.94. The molecule has 0 amide bonds. The molecule has 0 aromatic carbocycles. The van der Waals surface area contributed by atoms with Gasteiger partial charge in [0.15, 0.2) is 5.82 Å². The highest BCUT2D eigenvalue weighted by Crippen LogP contribution is 2.32. The van der Waals surface area contributed by atoms with Crippen molar-refractivity contribution >= 4 is 5.82 Å². The van der Waals surface area contributed by atoms with Crippen LogP contribution in [0.2, 0.25) is 0 Å². The fourth-order valence-corrected chi connectivity index (χ4v) is 2.49. The Bertz CT molecular complexity index is 648. The van der Waals surface area contributed by atoms with Gasteiger partial charge in [0.2, 0.25) is 5.88 Å². The number of ether oxygens (including phenoxy) is 1. The lowest BCUT2D eigenvalue weighted by atomic mass is 10.1. The highest BCUT2D eigenvalue weighted by atomic mass is 16.5. The first-order valence-corrected chi connectivity index (χ1v) is 7.22. The molecule has 0 fully saturated rings. The zero-order valence-corrected chi connectivity index (χ0v) is 13.6. The zero-order chi connectivity index (χ0) is 15.6. The van der Waals surface area contributed by atoms with Gasteiger partial charge < -0.3 is 10.1 Å². The van der Waals surface area contributed by atoms with Crippen LogP contribution < -0.4 is 10.1 Å². The number of hydrogen-bond acceptors (Lipinski definition) is 5. The maximum atomic E-state index is 5.46. The van der Waals surface area contributed by atoms with Crippen molar-refractivity contribution in [2.45, 2.75) is 34.1 Å². The van der Waals surface area contributed by atoms with Gasteiger partial charge in [-0.2, -0.15) is 5.10 Å². The van der Waals surface area contributed by atoms with Crippen molar-refractivity contribution in [2.24, 2.45) is 7.05 Å². The quantitative estimate of drug-likeness (QED) is 0.916. The molecular formula is C15H23N5O. The number of aryl methyl sites for hydroxylation is 3. The van der Waals surface area contributed by atoms with E-state index in [0.29, 0.717) is 11.7 Å². The molecule has 0 aliphatic rings. The van der Waals surface area contributed by atoms with Gasteiger partial charge in [0.1, 0.15) is 11.4 Å². The summed E-state index contributed by atoms with van der Waals surface area (Å²) in [5.74, 6) is 2.22. The third kappa shape index (κ3) is 2.70. The van der Waals surface area contributed by atoms with E-state index in [1.807, 2.05) is 20.9 Å². The second kappa shape index (κ2) is 6.11. The summed E-state index contributed by atoms with van der Waals surface area (Å²) in [5.41, 5.74) is 3.86. The van der Waals surface area contributed by atoms with Crippen molar-refractivity contribution in [3.8, 4) is 17.3 Å². The smallest absolute Gasteiger partial charge is 0.222 e. The predicted molar refractivity (Wildman–Crippen MR) is 83.8 cm³/mol. The largest absolute Gasteiger partial charge is 0.481 e. The number of anilines is 1. The van der Waals surface area contributed by atoms with Gasteiger partial charge in [-0.05, 0) is 27.2 Å². The Morgan fingerprint density at radius 1 is 1.19 bits per heavy atom. The Kier molecular flexibility index (Phi) is 4.45. The Balaban J connectivity index is 2.66. The summed E-state index contributed by atoms with van der Waals surface area (Å²) in [5, 5.41) is 7.71. The van der Waals surface area contributed by atoms with Gasteiger partial charge >= 0.3 is 0 Å². The van der Waals surface area contributed by atoms with Crippen LogP contribution in [0, 0.1) is 13.8 Å². The first-order valence-electron chi connectivity index (χ1n) is 7.22. The molecule has 2 heterocycles. The number of rotatable bonds is 5. The van der Waals surface area contributed by atoms with E-state index in [-0.39, 0.29) is 0 Å². The Morgan fingerprint density at radius 2 is 1.90 bits per heavy atom. The molecule has 0 unspecified atom stereocenters. The number of methoxy groups -OCH3 is 1. The average Bonchev–Trinajstić information content (AvgIpc) is 2.75. The normalized spacial score (nSPS) is 10.8. The maximum absolute atomic E-state index is 5.46. The number of nitrogens with one attached hydrogen (secondary N) is 1. The SMILES string of the molecule is CCNc1nc(-c2c(C)nn(C)c2OC)nc(CC)c1C. The lowest BCUT2D eigenvalue weighted by Gasteiger charge is -2.13. The van der Waals surface area contributed by atoms with Crippen LogP contribution in [0.25, 0.3) is 11.4 Å². The van der Waals surface area contributed by atoms with Gasteiger partial charge in [-0.15, -0.1) is 0 Å². The van der Waals surface area contributed by atoms with Crippen molar-refractivity contribution in [3.05, 3.63) is 17.0 Å². The van der Waals surface area contributed by atoms with Crippen LogP contribution >= 0.6 is 0 Å². The standard InChI is InChI=1S/C15H23N5O/c1-7-11-9(3)13(16-8-2)18-14(17-11)12-10(4)19-20(5)15(12)21-6/h7-8H2,1-6H3,(H,16,17,18). The fraction of sp³-hybridized carbons (Fsp3) is 0.533. The van der Waals surface area contributed by atoms with Crippen molar-refractivity contribution in [1.82, 2.24) is 19.7 Å². The minimum absolute atomic E-state index is 0.663. The molecule has 21 heavy (non-hydrogen) atoms. The molecule has 6 heteroatoms. The van der Waals surface area contributed by atoms with E-state index >= 15 is 0 Å². The molecular weight excluding hydrogens is 266 g/mol. The van der Waals surface area contributed by atoms with E-state index in [1.54, 1.807) is 11.8 Å². The molecule has 0 bridgehead atoms. The van der Waals surface area contributed by atoms with Gasteiger partial charge in [-0.25, -0.2) is 14.6 Å². The van der Waals surface area contributed by atoms with Gasteiger partial charge in [0, 0.05) is 24.8 Å². The first kappa shape index (κ1) is 15.3. The van der Waals surface area contributed by atoms with Crippen molar-refractivity contribution < 1.29 is 4.74 Å². The van der Waals surface area contributed by atoms with Crippen LogP contribution in [0.1, 0.15) is 30.8 Å². The van der Waals surface area contributed by atoms with E-state index in [9.17, 15) is 0 Å². The Hall–Kier alpha value is -2.11. The average molecular weight is 289 g/mol. The Labute approximate surface area is 125 Å². The molecule has 114 valence electrons. The van der Waals surface area contributed by atoms with E-state index in [2.05, 4.69) is 29.2 Å². The summed E-state index contributed by atoms with van der Waals surface area (Å²) in [4.78, 5) is 9.37. The monoisotopic (exact) mass is 289 g/mol. The molecule has 0 saturated heterocycles. The minimum atomic E-state index is 0.663. The molecule has 2 aromatic heterocycles. The van der Waals surface area contributed by atoms with Crippen LogP contribution in [0.3, 0.4) is 0 Å². The lowest BCUT2D eigenvalue weighted by Crippen LogP contribution is -2.08. The summed E-state index contributed by atoms with van der Waals surface area (Å²) in [7, 11) is 3.50. The highest BCUT2D eigenvalue weighted by Gasteiger charge is 2.20. The van der Waals surface area contributed by atoms with Gasteiger partial charge in [-0.3, -0.25) is 0 Å². The summed E-state index contributed by atoms with van der Waals surface area (Å²) in [6.07, 6.45) is 0.862. The van der Waals surface area contributed by atoms with Crippen LogP contribution in [0.4, 0.5) is 5.82 Å². The van der Waals surface area contributed by atoms with Crippen LogP contribution in [0.15, 0.2) is 0 Å². The molecule has 0 spiro atoms. The third-order valence-electron chi connectivity index (χ3n) is 3.51. The molecule has 0 atom stereocenters. The lowest BCUT2D eigenvalue weighted by molar-refractivity contribution is 0.374. The molecule has 2 aromatic rings. The Morgan fingerprint density at radius 3 is 2.48 bits per heavy atom. The van der Waals surface area contributed by atoms with Crippen molar-refractivity contribution in [1.29, 1.82) is 0 Å². The van der Waals surface area contributed by atoms with Crippen LogP contribution in [0.5, 0.6) is 5.88 Å². The topological polar surface area (TPSA) is 64.9 Å². The molecule has 0 saturated carbocycles. The van der Waals surface area contributed by atoms with E-state index in [1.165, 1.54) is 0 Å². The van der Waals surface area contributed by atoms with E-state index < -0.39 is 0 Å². The summed E-state index contributed by atoms with van der Waals surface area (Å²) in [6, 6.07) is 0.